The number of hydrogen-bond donors (Lipinski definition) is 0. The van der Waals surface area contributed by atoms with Gasteiger partial charge in [-0.05, 0) is 18.8 Å². The van der Waals surface area contributed by atoms with Crippen molar-refractivity contribution in [3.05, 3.63) is 0 Å². The van der Waals surface area contributed by atoms with Gasteiger partial charge in [0, 0.05) is 5.92 Å². The zero-order valence-corrected chi connectivity index (χ0v) is 9.84. The Kier molecular flexibility index (Phi) is 3.78. The molecular formula is C12H26N+. The number of rotatable bonds is 2. The van der Waals surface area contributed by atoms with E-state index in [-0.39, 0.29) is 0 Å². The van der Waals surface area contributed by atoms with Crippen LogP contribution in [0.25, 0.3) is 0 Å². The zero-order valence-electron chi connectivity index (χ0n) is 9.84. The Morgan fingerprint density at radius 2 is 1.69 bits per heavy atom. The van der Waals surface area contributed by atoms with Gasteiger partial charge in [0.25, 0.3) is 0 Å². The second-order valence-corrected chi connectivity index (χ2v) is 5.95. The van der Waals surface area contributed by atoms with Gasteiger partial charge in [0.2, 0.25) is 0 Å². The molecule has 0 aromatic heterocycles. The Hall–Kier alpha value is -0.0400. The van der Waals surface area contributed by atoms with Crippen LogP contribution in [0.4, 0.5) is 0 Å². The summed E-state index contributed by atoms with van der Waals surface area (Å²) in [6, 6.07) is 0. The Morgan fingerprint density at radius 1 is 1.00 bits per heavy atom. The minimum atomic E-state index is 0.984. The van der Waals surface area contributed by atoms with Gasteiger partial charge in [0.05, 0.1) is 27.7 Å². The Bertz CT molecular complexity index is 146. The molecule has 1 rings (SSSR count). The van der Waals surface area contributed by atoms with Crippen molar-refractivity contribution >= 4 is 0 Å². The maximum atomic E-state index is 2.41. The van der Waals surface area contributed by atoms with Gasteiger partial charge >= 0.3 is 0 Å². The Morgan fingerprint density at radius 3 is 2.31 bits per heavy atom. The van der Waals surface area contributed by atoms with Crippen molar-refractivity contribution in [2.75, 3.05) is 27.7 Å². The molecule has 0 aromatic rings. The number of quaternary nitrogens is 1. The first-order chi connectivity index (χ1) is 5.97. The molecule has 13 heavy (non-hydrogen) atoms. The van der Waals surface area contributed by atoms with Crippen LogP contribution in [0.5, 0.6) is 0 Å². The van der Waals surface area contributed by atoms with Gasteiger partial charge < -0.3 is 4.48 Å². The van der Waals surface area contributed by atoms with Gasteiger partial charge in [-0.3, -0.25) is 0 Å². The van der Waals surface area contributed by atoms with Crippen LogP contribution in [0.1, 0.15) is 39.0 Å². The van der Waals surface area contributed by atoms with E-state index in [4.69, 9.17) is 0 Å². The van der Waals surface area contributed by atoms with Gasteiger partial charge in [-0.1, -0.05) is 26.2 Å². The minimum absolute atomic E-state index is 0.984. The van der Waals surface area contributed by atoms with Crippen LogP contribution in [-0.2, 0) is 0 Å². The van der Waals surface area contributed by atoms with E-state index in [2.05, 4.69) is 28.1 Å². The molecule has 0 saturated heterocycles. The molecule has 0 amide bonds. The summed E-state index contributed by atoms with van der Waals surface area (Å²) >= 11 is 0. The maximum absolute atomic E-state index is 2.41. The van der Waals surface area contributed by atoms with Gasteiger partial charge in [-0.15, -0.1) is 0 Å². The quantitative estimate of drug-likeness (QED) is 0.457. The summed E-state index contributed by atoms with van der Waals surface area (Å²) in [4.78, 5) is 0. The molecule has 1 nitrogen and oxygen atoms in total. The fourth-order valence-corrected chi connectivity index (χ4v) is 2.52. The normalized spacial score (nSPS) is 31.4. The standard InChI is InChI=1S/C12H26N/c1-11-6-5-7-12(9-8-11)10-13(2,3)4/h11-12H,5-10H2,1-4H3/q+1. The lowest BCUT2D eigenvalue weighted by Gasteiger charge is -2.28. The van der Waals surface area contributed by atoms with Gasteiger partial charge in [-0.2, -0.15) is 0 Å². The number of hydrogen-bond acceptors (Lipinski definition) is 0. The molecule has 78 valence electrons. The van der Waals surface area contributed by atoms with Crippen LogP contribution in [0, 0.1) is 11.8 Å². The summed E-state index contributed by atoms with van der Waals surface area (Å²) in [5.41, 5.74) is 0. The zero-order chi connectivity index (χ0) is 9.90. The van der Waals surface area contributed by atoms with Crippen LogP contribution >= 0.6 is 0 Å². The van der Waals surface area contributed by atoms with Crippen LogP contribution in [-0.4, -0.2) is 32.2 Å². The Labute approximate surface area is 83.7 Å². The van der Waals surface area contributed by atoms with Crippen molar-refractivity contribution in [1.82, 2.24) is 0 Å². The average Bonchev–Trinajstić information content (AvgIpc) is 2.12. The van der Waals surface area contributed by atoms with E-state index in [0.29, 0.717) is 0 Å². The fraction of sp³-hybridized carbons (Fsp3) is 1.00. The van der Waals surface area contributed by atoms with Crippen LogP contribution in [0.15, 0.2) is 0 Å². The third-order valence-electron chi connectivity index (χ3n) is 3.18. The number of nitrogens with zero attached hydrogens (tertiary/aromatic N) is 1. The first-order valence-electron chi connectivity index (χ1n) is 5.78. The molecule has 1 fully saturated rings. The average molecular weight is 184 g/mol. The molecule has 0 N–H and O–H groups in total. The van der Waals surface area contributed by atoms with E-state index < -0.39 is 0 Å². The van der Waals surface area contributed by atoms with Gasteiger partial charge in [-0.25, -0.2) is 0 Å². The molecule has 0 aromatic carbocycles. The van der Waals surface area contributed by atoms with E-state index in [1.807, 2.05) is 0 Å². The summed E-state index contributed by atoms with van der Waals surface area (Å²) in [5.74, 6) is 1.97. The SMILES string of the molecule is CC1CCCC(C[N+](C)(C)C)CC1. The molecule has 0 aliphatic heterocycles. The molecule has 1 heteroatoms. The van der Waals surface area contributed by atoms with Gasteiger partial charge in [0.15, 0.2) is 0 Å². The molecule has 1 saturated carbocycles. The molecule has 1 aliphatic rings. The lowest BCUT2D eigenvalue weighted by atomic mass is 9.98. The van der Waals surface area contributed by atoms with E-state index in [1.54, 1.807) is 0 Å². The van der Waals surface area contributed by atoms with Crippen molar-refractivity contribution in [2.24, 2.45) is 11.8 Å². The van der Waals surface area contributed by atoms with Crippen LogP contribution < -0.4 is 0 Å². The molecular weight excluding hydrogens is 158 g/mol. The minimum Gasteiger partial charge on any atom is -0.331 e. The second kappa shape index (κ2) is 4.45. The van der Waals surface area contributed by atoms with Crippen molar-refractivity contribution in [3.63, 3.8) is 0 Å². The topological polar surface area (TPSA) is 0 Å². The highest BCUT2D eigenvalue weighted by atomic mass is 15.3. The highest BCUT2D eigenvalue weighted by molar-refractivity contribution is 4.67. The monoisotopic (exact) mass is 184 g/mol. The summed E-state index contributed by atoms with van der Waals surface area (Å²) < 4.78 is 1.14. The third kappa shape index (κ3) is 4.66. The second-order valence-electron chi connectivity index (χ2n) is 5.95. The molecule has 0 heterocycles. The molecule has 0 radical (unpaired) electrons. The van der Waals surface area contributed by atoms with Crippen molar-refractivity contribution in [1.29, 1.82) is 0 Å². The Balaban J connectivity index is 2.34. The highest BCUT2D eigenvalue weighted by Crippen LogP contribution is 2.27. The lowest BCUT2D eigenvalue weighted by molar-refractivity contribution is -0.874. The van der Waals surface area contributed by atoms with Crippen molar-refractivity contribution in [3.8, 4) is 0 Å². The summed E-state index contributed by atoms with van der Waals surface area (Å²) in [7, 11) is 6.94. The first-order valence-corrected chi connectivity index (χ1v) is 5.78. The largest absolute Gasteiger partial charge is 0.331 e. The van der Waals surface area contributed by atoms with E-state index in [1.165, 1.54) is 38.6 Å². The molecule has 0 bridgehead atoms. The van der Waals surface area contributed by atoms with Crippen molar-refractivity contribution in [2.45, 2.75) is 39.0 Å². The smallest absolute Gasteiger partial charge is 0.0809 e. The van der Waals surface area contributed by atoms with E-state index in [0.717, 1.165) is 16.3 Å². The summed E-state index contributed by atoms with van der Waals surface area (Å²) in [5, 5.41) is 0. The summed E-state index contributed by atoms with van der Waals surface area (Å²) in [6.07, 6.45) is 7.33. The van der Waals surface area contributed by atoms with E-state index in [9.17, 15) is 0 Å². The fourth-order valence-electron chi connectivity index (χ4n) is 2.52. The summed E-state index contributed by atoms with van der Waals surface area (Å²) in [6.45, 7) is 3.78. The third-order valence-corrected chi connectivity index (χ3v) is 3.18. The lowest BCUT2D eigenvalue weighted by Crippen LogP contribution is -2.39. The molecule has 1 aliphatic carbocycles. The maximum Gasteiger partial charge on any atom is 0.0809 e. The molecule has 0 spiro atoms. The van der Waals surface area contributed by atoms with E-state index >= 15 is 0 Å². The highest BCUT2D eigenvalue weighted by Gasteiger charge is 2.21. The molecule has 2 atom stereocenters. The van der Waals surface area contributed by atoms with Crippen molar-refractivity contribution < 1.29 is 4.48 Å². The van der Waals surface area contributed by atoms with Gasteiger partial charge in [0.1, 0.15) is 0 Å². The first kappa shape index (κ1) is 11.0. The molecule has 2 unspecified atom stereocenters. The predicted molar refractivity (Wildman–Crippen MR) is 58.6 cm³/mol. The predicted octanol–water partition coefficient (Wildman–Crippen LogP) is 2.91. The van der Waals surface area contributed by atoms with Crippen LogP contribution in [0.2, 0.25) is 0 Å². The van der Waals surface area contributed by atoms with Crippen LogP contribution in [0.3, 0.4) is 0 Å².